The zero-order chi connectivity index (χ0) is 15.6. The molecule has 0 fully saturated rings. The predicted octanol–water partition coefficient (Wildman–Crippen LogP) is 6.01. The van der Waals surface area contributed by atoms with E-state index < -0.39 is 0 Å². The van der Waals surface area contributed by atoms with Crippen LogP contribution in [0, 0.1) is 12.7 Å². The minimum Gasteiger partial charge on any atom is -0.306 e. The Hall–Kier alpha value is -0.420. The Balaban J connectivity index is 2.58. The van der Waals surface area contributed by atoms with E-state index in [1.807, 2.05) is 26.0 Å². The van der Waals surface area contributed by atoms with Gasteiger partial charge in [-0.05, 0) is 54.9 Å². The van der Waals surface area contributed by atoms with Crippen molar-refractivity contribution >= 4 is 43.5 Å². The van der Waals surface area contributed by atoms with E-state index in [2.05, 4.69) is 37.2 Å². The minimum absolute atomic E-state index is 0.264. The standard InChI is InChI=1S/C16H15Br2ClFN/c1-3-21-16(12-7-10(19)4-5-15(12)20)11-8-13(17)9(2)6-14(11)18/h4-8,16,21H,3H2,1-2H3. The van der Waals surface area contributed by atoms with Crippen molar-refractivity contribution in [2.75, 3.05) is 6.54 Å². The van der Waals surface area contributed by atoms with Crippen LogP contribution in [0.5, 0.6) is 0 Å². The van der Waals surface area contributed by atoms with Crippen molar-refractivity contribution in [3.63, 3.8) is 0 Å². The number of hydrogen-bond acceptors (Lipinski definition) is 1. The largest absolute Gasteiger partial charge is 0.306 e. The first-order valence-corrected chi connectivity index (χ1v) is 8.54. The number of halogens is 4. The smallest absolute Gasteiger partial charge is 0.128 e. The van der Waals surface area contributed by atoms with Gasteiger partial charge in [0.05, 0.1) is 6.04 Å². The van der Waals surface area contributed by atoms with Crippen LogP contribution >= 0.6 is 43.5 Å². The summed E-state index contributed by atoms with van der Waals surface area (Å²) in [5, 5.41) is 3.85. The van der Waals surface area contributed by atoms with Crippen LogP contribution in [0.3, 0.4) is 0 Å². The molecule has 112 valence electrons. The van der Waals surface area contributed by atoms with E-state index >= 15 is 0 Å². The van der Waals surface area contributed by atoms with Crippen molar-refractivity contribution in [2.45, 2.75) is 19.9 Å². The lowest BCUT2D eigenvalue weighted by atomic mass is 9.97. The van der Waals surface area contributed by atoms with Crippen molar-refractivity contribution in [3.05, 3.63) is 66.8 Å². The quantitative estimate of drug-likeness (QED) is 0.620. The Labute approximate surface area is 146 Å². The van der Waals surface area contributed by atoms with Crippen LogP contribution < -0.4 is 5.32 Å². The molecule has 2 aromatic rings. The first-order valence-electron chi connectivity index (χ1n) is 6.58. The van der Waals surface area contributed by atoms with Gasteiger partial charge in [0.1, 0.15) is 5.82 Å². The van der Waals surface area contributed by atoms with Gasteiger partial charge in [0, 0.05) is 19.5 Å². The molecule has 21 heavy (non-hydrogen) atoms. The molecule has 0 radical (unpaired) electrons. The van der Waals surface area contributed by atoms with E-state index in [9.17, 15) is 4.39 Å². The highest BCUT2D eigenvalue weighted by Crippen LogP contribution is 2.34. The Morgan fingerprint density at radius 1 is 1.14 bits per heavy atom. The summed E-state index contributed by atoms with van der Waals surface area (Å²) in [4.78, 5) is 0. The average Bonchev–Trinajstić information content (AvgIpc) is 2.43. The molecular formula is C16H15Br2ClFN. The molecule has 0 aliphatic carbocycles. The molecule has 0 aromatic heterocycles. The number of benzene rings is 2. The van der Waals surface area contributed by atoms with Gasteiger partial charge in [0.2, 0.25) is 0 Å². The summed E-state index contributed by atoms with van der Waals surface area (Å²) < 4.78 is 16.1. The Kier molecular flexibility index (Phi) is 5.83. The molecule has 1 nitrogen and oxygen atoms in total. The molecule has 0 saturated carbocycles. The molecule has 1 N–H and O–H groups in total. The molecule has 0 heterocycles. The number of rotatable bonds is 4. The Morgan fingerprint density at radius 3 is 2.52 bits per heavy atom. The van der Waals surface area contributed by atoms with Gasteiger partial charge in [0.15, 0.2) is 0 Å². The molecule has 0 amide bonds. The third kappa shape index (κ3) is 3.86. The van der Waals surface area contributed by atoms with Crippen molar-refractivity contribution < 1.29 is 4.39 Å². The summed E-state index contributed by atoms with van der Waals surface area (Å²) in [5.41, 5.74) is 2.63. The summed E-state index contributed by atoms with van der Waals surface area (Å²) in [5.74, 6) is -0.269. The summed E-state index contributed by atoms with van der Waals surface area (Å²) in [6.45, 7) is 4.72. The average molecular weight is 436 g/mol. The third-order valence-electron chi connectivity index (χ3n) is 3.27. The maximum absolute atomic E-state index is 14.2. The van der Waals surface area contributed by atoms with E-state index in [1.165, 1.54) is 6.07 Å². The van der Waals surface area contributed by atoms with Crippen LogP contribution in [0.1, 0.15) is 29.7 Å². The minimum atomic E-state index is -0.269. The third-order valence-corrected chi connectivity index (χ3v) is 5.04. The van der Waals surface area contributed by atoms with E-state index in [1.54, 1.807) is 12.1 Å². The first kappa shape index (κ1) is 16.9. The number of aryl methyl sites for hydroxylation is 1. The van der Waals surface area contributed by atoms with Crippen LogP contribution in [-0.2, 0) is 0 Å². The molecule has 2 rings (SSSR count). The van der Waals surface area contributed by atoms with Crippen LogP contribution in [-0.4, -0.2) is 6.54 Å². The molecule has 5 heteroatoms. The summed E-state index contributed by atoms with van der Waals surface area (Å²) in [7, 11) is 0. The van der Waals surface area contributed by atoms with Gasteiger partial charge < -0.3 is 5.32 Å². The van der Waals surface area contributed by atoms with Crippen LogP contribution in [0.25, 0.3) is 0 Å². The van der Waals surface area contributed by atoms with E-state index in [0.29, 0.717) is 17.1 Å². The highest BCUT2D eigenvalue weighted by Gasteiger charge is 2.20. The molecule has 0 spiro atoms. The fraction of sp³-hybridized carbons (Fsp3) is 0.250. The second-order valence-electron chi connectivity index (χ2n) is 4.78. The van der Waals surface area contributed by atoms with Crippen molar-refractivity contribution in [3.8, 4) is 0 Å². The highest BCUT2D eigenvalue weighted by molar-refractivity contribution is 9.11. The maximum atomic E-state index is 14.2. The predicted molar refractivity (Wildman–Crippen MR) is 93.5 cm³/mol. The van der Waals surface area contributed by atoms with Crippen LogP contribution in [0.15, 0.2) is 39.3 Å². The zero-order valence-corrected chi connectivity index (χ0v) is 15.6. The first-order chi connectivity index (χ1) is 9.93. The van der Waals surface area contributed by atoms with Gasteiger partial charge in [-0.3, -0.25) is 0 Å². The van der Waals surface area contributed by atoms with Crippen molar-refractivity contribution in [1.29, 1.82) is 0 Å². The lowest BCUT2D eigenvalue weighted by molar-refractivity contribution is 0.558. The van der Waals surface area contributed by atoms with E-state index in [0.717, 1.165) is 20.1 Å². The van der Waals surface area contributed by atoms with Crippen LogP contribution in [0.2, 0.25) is 5.02 Å². The Bertz CT molecular complexity index is 661. The van der Waals surface area contributed by atoms with E-state index in [4.69, 9.17) is 11.6 Å². The van der Waals surface area contributed by atoms with Gasteiger partial charge in [0.25, 0.3) is 0 Å². The molecular weight excluding hydrogens is 420 g/mol. The summed E-state index contributed by atoms with van der Waals surface area (Å²) in [6.07, 6.45) is 0. The summed E-state index contributed by atoms with van der Waals surface area (Å²) in [6, 6.07) is 8.40. The molecule has 2 aromatic carbocycles. The SMILES string of the molecule is CCNC(c1cc(Cl)ccc1F)c1cc(Br)c(C)cc1Br. The second kappa shape index (κ2) is 7.23. The van der Waals surface area contributed by atoms with Gasteiger partial charge in [-0.25, -0.2) is 4.39 Å². The van der Waals surface area contributed by atoms with Gasteiger partial charge >= 0.3 is 0 Å². The fourth-order valence-electron chi connectivity index (χ4n) is 2.21. The molecule has 1 atom stereocenters. The lowest BCUT2D eigenvalue weighted by Gasteiger charge is -2.22. The van der Waals surface area contributed by atoms with Gasteiger partial charge in [-0.2, -0.15) is 0 Å². The van der Waals surface area contributed by atoms with Crippen LogP contribution in [0.4, 0.5) is 4.39 Å². The van der Waals surface area contributed by atoms with Crippen molar-refractivity contribution in [1.82, 2.24) is 5.32 Å². The molecule has 0 bridgehead atoms. The zero-order valence-electron chi connectivity index (χ0n) is 11.7. The monoisotopic (exact) mass is 433 g/mol. The highest BCUT2D eigenvalue weighted by atomic mass is 79.9. The summed E-state index contributed by atoms with van der Waals surface area (Å²) >= 11 is 13.1. The van der Waals surface area contributed by atoms with Crippen molar-refractivity contribution in [2.24, 2.45) is 0 Å². The van der Waals surface area contributed by atoms with Gasteiger partial charge in [-0.1, -0.05) is 50.4 Å². The maximum Gasteiger partial charge on any atom is 0.128 e. The number of nitrogens with one attached hydrogen (secondary N) is 1. The second-order valence-corrected chi connectivity index (χ2v) is 6.92. The molecule has 0 aliphatic rings. The fourth-order valence-corrected chi connectivity index (χ4v) is 3.44. The molecule has 0 aliphatic heterocycles. The molecule has 0 saturated heterocycles. The topological polar surface area (TPSA) is 12.0 Å². The number of hydrogen-bond donors (Lipinski definition) is 1. The Morgan fingerprint density at radius 2 is 1.86 bits per heavy atom. The van der Waals surface area contributed by atoms with Gasteiger partial charge in [-0.15, -0.1) is 0 Å². The molecule has 1 unspecified atom stereocenters. The lowest BCUT2D eigenvalue weighted by Crippen LogP contribution is -2.23. The van der Waals surface area contributed by atoms with E-state index in [-0.39, 0.29) is 11.9 Å². The normalized spacial score (nSPS) is 12.5.